The van der Waals surface area contributed by atoms with Gasteiger partial charge < -0.3 is 9.64 Å². The van der Waals surface area contributed by atoms with Gasteiger partial charge in [-0.05, 0) is 34.0 Å². The second-order valence-electron chi connectivity index (χ2n) is 6.28. The molecule has 0 amide bonds. The first-order chi connectivity index (χ1) is 9.38. The van der Waals surface area contributed by atoms with Crippen molar-refractivity contribution in [1.29, 1.82) is 5.26 Å². The predicted octanol–water partition coefficient (Wildman–Crippen LogP) is 2.12. The van der Waals surface area contributed by atoms with E-state index in [9.17, 15) is 5.26 Å². The minimum Gasteiger partial charge on any atom is -0.487 e. The topological polar surface area (TPSA) is 48.3 Å². The van der Waals surface area contributed by atoms with Crippen LogP contribution < -0.4 is 10.1 Å². The number of nitrogens with zero attached hydrogens (tertiary/aromatic N) is 2. The van der Waals surface area contributed by atoms with Gasteiger partial charge in [0.1, 0.15) is 16.9 Å². The lowest BCUT2D eigenvalue weighted by Gasteiger charge is -2.42. The summed E-state index contributed by atoms with van der Waals surface area (Å²) >= 11 is 0. The number of para-hydroxylation sites is 1. The van der Waals surface area contributed by atoms with Crippen LogP contribution in [0.2, 0.25) is 0 Å². The summed E-state index contributed by atoms with van der Waals surface area (Å²) in [7, 11) is 4.06. The Labute approximate surface area is 121 Å². The van der Waals surface area contributed by atoms with Crippen LogP contribution in [0, 0.1) is 11.3 Å². The van der Waals surface area contributed by atoms with Crippen molar-refractivity contribution in [3.8, 4) is 11.8 Å². The molecule has 0 aromatic heterocycles. The summed E-state index contributed by atoms with van der Waals surface area (Å²) in [6.07, 6.45) is 0.640. The van der Waals surface area contributed by atoms with Crippen LogP contribution in [0.5, 0.6) is 5.75 Å². The molecule has 1 unspecified atom stereocenters. The molecule has 0 radical (unpaired) electrons. The molecule has 1 N–H and O–H groups in total. The van der Waals surface area contributed by atoms with Crippen molar-refractivity contribution in [1.82, 2.24) is 10.2 Å². The van der Waals surface area contributed by atoms with Gasteiger partial charge in [0.25, 0.3) is 0 Å². The molecule has 1 aliphatic rings. The van der Waals surface area contributed by atoms with Crippen LogP contribution in [0.4, 0.5) is 0 Å². The summed E-state index contributed by atoms with van der Waals surface area (Å²) in [6, 6.07) is 10.3. The van der Waals surface area contributed by atoms with Crippen molar-refractivity contribution in [3.63, 3.8) is 0 Å². The molecule has 20 heavy (non-hydrogen) atoms. The minimum absolute atomic E-state index is 0.352. The normalized spacial score (nSPS) is 23.8. The Balaban J connectivity index is 2.33. The summed E-state index contributed by atoms with van der Waals surface area (Å²) in [5.74, 6) is 0.808. The Bertz CT molecular complexity index is 519. The maximum Gasteiger partial charge on any atom is 0.139 e. The molecule has 0 saturated carbocycles. The van der Waals surface area contributed by atoms with Crippen molar-refractivity contribution in [2.45, 2.75) is 31.4 Å². The van der Waals surface area contributed by atoms with Crippen molar-refractivity contribution < 1.29 is 4.74 Å². The van der Waals surface area contributed by atoms with Crippen LogP contribution in [-0.2, 0) is 5.54 Å². The van der Waals surface area contributed by atoms with E-state index in [0.717, 1.165) is 24.4 Å². The van der Waals surface area contributed by atoms with E-state index < -0.39 is 5.54 Å². The summed E-state index contributed by atoms with van der Waals surface area (Å²) in [5.41, 5.74) is -0.0793. The first-order valence-electron chi connectivity index (χ1n) is 6.98. The maximum atomic E-state index is 9.80. The number of rotatable bonds is 4. The smallest absolute Gasteiger partial charge is 0.139 e. The number of hydrogen-bond donors (Lipinski definition) is 1. The minimum atomic E-state index is -0.672. The van der Waals surface area contributed by atoms with Crippen LogP contribution >= 0.6 is 0 Å². The van der Waals surface area contributed by atoms with Crippen LogP contribution in [0.25, 0.3) is 0 Å². The van der Waals surface area contributed by atoms with Crippen molar-refractivity contribution in [3.05, 3.63) is 29.8 Å². The third kappa shape index (κ3) is 2.95. The number of nitriles is 1. The van der Waals surface area contributed by atoms with E-state index >= 15 is 0 Å². The molecule has 2 rings (SSSR count). The fourth-order valence-electron chi connectivity index (χ4n) is 2.77. The average molecular weight is 273 g/mol. The van der Waals surface area contributed by atoms with Gasteiger partial charge in [0.15, 0.2) is 0 Å². The molecule has 1 aromatic carbocycles. The molecule has 0 bridgehead atoms. The van der Waals surface area contributed by atoms with E-state index in [1.54, 1.807) is 0 Å². The molecule has 0 spiro atoms. The molecular weight excluding hydrogens is 250 g/mol. The van der Waals surface area contributed by atoms with E-state index in [0.29, 0.717) is 6.42 Å². The standard InChI is InChI=1S/C16H23N3O/c1-15(2)11-16(12-17,18-9-10-19(3)4)13-7-5-6-8-14(13)20-15/h5-8,18H,9-11H2,1-4H3. The molecule has 4 nitrogen and oxygen atoms in total. The number of fused-ring (bicyclic) bond motifs is 1. The lowest BCUT2D eigenvalue weighted by molar-refractivity contribution is 0.0488. The van der Waals surface area contributed by atoms with Gasteiger partial charge in [-0.15, -0.1) is 0 Å². The highest BCUT2D eigenvalue weighted by atomic mass is 16.5. The largest absolute Gasteiger partial charge is 0.487 e. The molecule has 4 heteroatoms. The van der Waals surface area contributed by atoms with Crippen molar-refractivity contribution >= 4 is 0 Å². The highest BCUT2D eigenvalue weighted by molar-refractivity contribution is 5.46. The number of hydrogen-bond acceptors (Lipinski definition) is 4. The Morgan fingerprint density at radius 1 is 1.35 bits per heavy atom. The highest BCUT2D eigenvalue weighted by Gasteiger charge is 2.45. The van der Waals surface area contributed by atoms with E-state index in [1.165, 1.54) is 0 Å². The van der Waals surface area contributed by atoms with Crippen LogP contribution in [0.15, 0.2) is 24.3 Å². The fourth-order valence-corrected chi connectivity index (χ4v) is 2.77. The van der Waals surface area contributed by atoms with Gasteiger partial charge in [0.2, 0.25) is 0 Å². The molecule has 108 valence electrons. The quantitative estimate of drug-likeness (QED) is 0.913. The second-order valence-corrected chi connectivity index (χ2v) is 6.28. The lowest BCUT2D eigenvalue weighted by atomic mass is 9.78. The zero-order valence-corrected chi connectivity index (χ0v) is 12.7. The Morgan fingerprint density at radius 3 is 2.70 bits per heavy atom. The Kier molecular flexibility index (Phi) is 4.03. The van der Waals surface area contributed by atoms with Gasteiger partial charge in [-0.25, -0.2) is 0 Å². The van der Waals surface area contributed by atoms with Crippen molar-refractivity contribution in [2.24, 2.45) is 0 Å². The van der Waals surface area contributed by atoms with Gasteiger partial charge in [0, 0.05) is 25.1 Å². The van der Waals surface area contributed by atoms with Crippen LogP contribution in [0.1, 0.15) is 25.8 Å². The van der Waals surface area contributed by atoms with Gasteiger partial charge >= 0.3 is 0 Å². The summed E-state index contributed by atoms with van der Waals surface area (Å²) in [6.45, 7) is 5.73. The highest BCUT2D eigenvalue weighted by Crippen LogP contribution is 2.42. The second kappa shape index (κ2) is 5.43. The third-order valence-corrected chi connectivity index (χ3v) is 3.60. The molecule has 1 atom stereocenters. The average Bonchev–Trinajstić information content (AvgIpc) is 2.36. The lowest BCUT2D eigenvalue weighted by Crippen LogP contribution is -2.52. The Morgan fingerprint density at radius 2 is 2.05 bits per heavy atom. The van der Waals surface area contributed by atoms with Crippen molar-refractivity contribution in [2.75, 3.05) is 27.2 Å². The zero-order valence-electron chi connectivity index (χ0n) is 12.7. The number of ether oxygens (including phenoxy) is 1. The predicted molar refractivity (Wildman–Crippen MR) is 79.6 cm³/mol. The van der Waals surface area contributed by atoms with E-state index in [2.05, 4.69) is 16.3 Å². The third-order valence-electron chi connectivity index (χ3n) is 3.60. The molecule has 0 aliphatic carbocycles. The maximum absolute atomic E-state index is 9.80. The summed E-state index contributed by atoms with van der Waals surface area (Å²) in [5, 5.41) is 13.2. The number of nitrogens with one attached hydrogen (secondary N) is 1. The van der Waals surface area contributed by atoms with Gasteiger partial charge in [-0.1, -0.05) is 18.2 Å². The molecule has 1 aliphatic heterocycles. The van der Waals surface area contributed by atoms with E-state index in [1.807, 2.05) is 52.2 Å². The SMILES string of the molecule is CN(C)CCNC1(C#N)CC(C)(C)Oc2ccccc21. The van der Waals surface area contributed by atoms with Crippen LogP contribution in [0.3, 0.4) is 0 Å². The van der Waals surface area contributed by atoms with E-state index in [-0.39, 0.29) is 5.60 Å². The molecule has 1 heterocycles. The van der Waals surface area contributed by atoms with E-state index in [4.69, 9.17) is 4.74 Å². The van der Waals surface area contributed by atoms with Gasteiger partial charge in [-0.2, -0.15) is 5.26 Å². The fraction of sp³-hybridized carbons (Fsp3) is 0.562. The first kappa shape index (κ1) is 14.8. The number of likely N-dealkylation sites (N-methyl/N-ethyl adjacent to an activating group) is 1. The number of benzene rings is 1. The molecule has 1 aromatic rings. The molecular formula is C16H23N3O. The monoisotopic (exact) mass is 273 g/mol. The Hall–Kier alpha value is -1.57. The first-order valence-corrected chi connectivity index (χ1v) is 6.98. The van der Waals surface area contributed by atoms with Gasteiger partial charge in [0.05, 0.1) is 6.07 Å². The summed E-state index contributed by atoms with van der Waals surface area (Å²) in [4.78, 5) is 2.11. The summed E-state index contributed by atoms with van der Waals surface area (Å²) < 4.78 is 6.00. The molecule has 0 fully saturated rings. The zero-order chi connectivity index (χ0) is 14.8. The van der Waals surface area contributed by atoms with Gasteiger partial charge in [-0.3, -0.25) is 5.32 Å². The van der Waals surface area contributed by atoms with Crippen LogP contribution in [-0.4, -0.2) is 37.7 Å². The molecule has 0 saturated heterocycles.